The molecule has 0 atom stereocenters. The number of fused-ring (bicyclic) bond motifs is 2. The van der Waals surface area contributed by atoms with Crippen LogP contribution >= 0.6 is 15.9 Å². The Bertz CT molecular complexity index is 657. The van der Waals surface area contributed by atoms with Crippen molar-refractivity contribution < 1.29 is 8.83 Å². The molecule has 1 aliphatic rings. The van der Waals surface area contributed by atoms with Gasteiger partial charge in [-0.3, -0.25) is 0 Å². The highest BCUT2D eigenvalue weighted by atomic mass is 79.9. The van der Waals surface area contributed by atoms with E-state index in [-0.39, 0.29) is 0 Å². The summed E-state index contributed by atoms with van der Waals surface area (Å²) in [5, 5.41) is 5.55. The normalized spacial score (nSPS) is 16.8. The van der Waals surface area contributed by atoms with Gasteiger partial charge in [0.05, 0.1) is 17.0 Å². The van der Waals surface area contributed by atoms with Crippen LogP contribution in [-0.4, -0.2) is 13.1 Å². The number of benzene rings is 1. The smallest absolute Gasteiger partial charge is 0.149 e. The fourth-order valence-electron chi connectivity index (χ4n) is 2.52. The van der Waals surface area contributed by atoms with Gasteiger partial charge in [0, 0.05) is 35.3 Å². The lowest BCUT2D eigenvalue weighted by Crippen LogP contribution is -2.40. The van der Waals surface area contributed by atoms with Crippen molar-refractivity contribution in [2.45, 2.75) is 5.92 Å². The SMILES string of the molecule is Brc1c2ccoc2c(C2CNC2)c2ccoc12. The summed E-state index contributed by atoms with van der Waals surface area (Å²) in [6, 6.07) is 4.01. The zero-order chi connectivity index (χ0) is 11.4. The highest BCUT2D eigenvalue weighted by Crippen LogP contribution is 2.41. The second kappa shape index (κ2) is 3.37. The standard InChI is InChI=1S/C13H10BrNO2/c14-11-9-2-4-16-12(9)10(7-5-15-6-7)8-1-3-17-13(8)11/h1-4,7,15H,5-6H2. The van der Waals surface area contributed by atoms with Crippen LogP contribution < -0.4 is 5.32 Å². The Morgan fingerprint density at radius 3 is 2.47 bits per heavy atom. The molecular formula is C13H10BrNO2. The van der Waals surface area contributed by atoms with E-state index in [1.807, 2.05) is 12.1 Å². The van der Waals surface area contributed by atoms with Gasteiger partial charge in [0.2, 0.25) is 0 Å². The fraction of sp³-hybridized carbons (Fsp3) is 0.231. The predicted molar refractivity (Wildman–Crippen MR) is 69.3 cm³/mol. The summed E-state index contributed by atoms with van der Waals surface area (Å²) < 4.78 is 12.2. The molecule has 0 saturated carbocycles. The van der Waals surface area contributed by atoms with E-state index in [4.69, 9.17) is 8.83 Å². The van der Waals surface area contributed by atoms with Crippen molar-refractivity contribution in [1.29, 1.82) is 0 Å². The number of rotatable bonds is 1. The number of hydrogen-bond donors (Lipinski definition) is 1. The highest BCUT2D eigenvalue weighted by molar-refractivity contribution is 9.10. The zero-order valence-electron chi connectivity index (χ0n) is 9.00. The van der Waals surface area contributed by atoms with Crippen LogP contribution in [-0.2, 0) is 0 Å². The van der Waals surface area contributed by atoms with Gasteiger partial charge >= 0.3 is 0 Å². The minimum atomic E-state index is 0.525. The molecular weight excluding hydrogens is 282 g/mol. The van der Waals surface area contributed by atoms with Gasteiger partial charge in [-0.1, -0.05) is 0 Å². The first-order chi connectivity index (χ1) is 8.36. The third-order valence-corrected chi connectivity index (χ3v) is 4.28. The van der Waals surface area contributed by atoms with Gasteiger partial charge in [-0.2, -0.15) is 0 Å². The van der Waals surface area contributed by atoms with Crippen molar-refractivity contribution in [3.8, 4) is 0 Å². The summed E-state index contributed by atoms with van der Waals surface area (Å²) in [6.45, 7) is 2.02. The van der Waals surface area contributed by atoms with Gasteiger partial charge < -0.3 is 14.2 Å². The molecule has 0 unspecified atom stereocenters. The molecule has 4 rings (SSSR count). The maximum absolute atomic E-state index is 5.66. The fourth-order valence-corrected chi connectivity index (χ4v) is 3.14. The molecule has 17 heavy (non-hydrogen) atoms. The monoisotopic (exact) mass is 291 g/mol. The van der Waals surface area contributed by atoms with Crippen LogP contribution in [0.2, 0.25) is 0 Å². The Morgan fingerprint density at radius 1 is 1.06 bits per heavy atom. The molecule has 3 aromatic rings. The lowest BCUT2D eigenvalue weighted by Gasteiger charge is -2.28. The van der Waals surface area contributed by atoms with Crippen molar-refractivity contribution in [2.24, 2.45) is 0 Å². The first-order valence-corrected chi connectivity index (χ1v) is 6.42. The van der Waals surface area contributed by atoms with E-state index in [1.54, 1.807) is 12.5 Å². The number of nitrogens with one attached hydrogen (secondary N) is 1. The number of halogens is 1. The molecule has 1 aliphatic heterocycles. The average Bonchev–Trinajstić information content (AvgIpc) is 2.89. The van der Waals surface area contributed by atoms with E-state index in [1.165, 1.54) is 5.56 Å². The number of furan rings is 2. The molecule has 1 N–H and O–H groups in total. The highest BCUT2D eigenvalue weighted by Gasteiger charge is 2.27. The quantitative estimate of drug-likeness (QED) is 0.744. The summed E-state index contributed by atoms with van der Waals surface area (Å²) in [6.07, 6.45) is 3.48. The lowest BCUT2D eigenvalue weighted by molar-refractivity contribution is 0.447. The van der Waals surface area contributed by atoms with E-state index < -0.39 is 0 Å². The molecule has 4 heteroatoms. The van der Waals surface area contributed by atoms with Crippen LogP contribution in [0.5, 0.6) is 0 Å². The van der Waals surface area contributed by atoms with Crippen molar-refractivity contribution in [3.05, 3.63) is 34.7 Å². The number of hydrogen-bond acceptors (Lipinski definition) is 3. The minimum absolute atomic E-state index is 0.525. The second-order valence-corrected chi connectivity index (χ2v) is 5.20. The second-order valence-electron chi connectivity index (χ2n) is 4.41. The van der Waals surface area contributed by atoms with Crippen LogP contribution in [0.3, 0.4) is 0 Å². The van der Waals surface area contributed by atoms with Crippen LogP contribution in [0.1, 0.15) is 11.5 Å². The van der Waals surface area contributed by atoms with Crippen molar-refractivity contribution in [3.63, 3.8) is 0 Å². The van der Waals surface area contributed by atoms with Crippen LogP contribution in [0.4, 0.5) is 0 Å². The largest absolute Gasteiger partial charge is 0.464 e. The van der Waals surface area contributed by atoms with Gasteiger partial charge in [0.15, 0.2) is 0 Å². The molecule has 3 heterocycles. The third kappa shape index (κ3) is 1.20. The molecule has 0 bridgehead atoms. The predicted octanol–water partition coefficient (Wildman–Crippen LogP) is 3.63. The lowest BCUT2D eigenvalue weighted by atomic mass is 9.90. The van der Waals surface area contributed by atoms with Crippen molar-refractivity contribution in [2.75, 3.05) is 13.1 Å². The summed E-state index contributed by atoms with van der Waals surface area (Å²) in [7, 11) is 0. The third-order valence-electron chi connectivity index (χ3n) is 3.49. The minimum Gasteiger partial charge on any atom is -0.464 e. The average molecular weight is 292 g/mol. The van der Waals surface area contributed by atoms with E-state index in [9.17, 15) is 0 Å². The summed E-state index contributed by atoms with van der Waals surface area (Å²) >= 11 is 3.59. The Morgan fingerprint density at radius 2 is 1.76 bits per heavy atom. The molecule has 0 spiro atoms. The molecule has 1 saturated heterocycles. The molecule has 1 aromatic carbocycles. The molecule has 86 valence electrons. The summed E-state index contributed by atoms with van der Waals surface area (Å²) in [5.74, 6) is 0.525. The first-order valence-electron chi connectivity index (χ1n) is 5.62. The van der Waals surface area contributed by atoms with E-state index in [2.05, 4.69) is 21.2 Å². The van der Waals surface area contributed by atoms with E-state index in [0.717, 1.165) is 39.5 Å². The molecule has 0 radical (unpaired) electrons. The van der Waals surface area contributed by atoms with Crippen molar-refractivity contribution in [1.82, 2.24) is 5.32 Å². The zero-order valence-corrected chi connectivity index (χ0v) is 10.6. The van der Waals surface area contributed by atoms with Crippen LogP contribution in [0, 0.1) is 0 Å². The van der Waals surface area contributed by atoms with Crippen molar-refractivity contribution >= 4 is 37.9 Å². The maximum Gasteiger partial charge on any atom is 0.149 e. The summed E-state index contributed by atoms with van der Waals surface area (Å²) in [5.41, 5.74) is 3.17. The maximum atomic E-state index is 5.66. The first kappa shape index (κ1) is 9.74. The van der Waals surface area contributed by atoms with Gasteiger partial charge in [-0.25, -0.2) is 0 Å². The van der Waals surface area contributed by atoms with Gasteiger partial charge in [-0.05, 0) is 28.1 Å². The molecule has 0 amide bonds. The molecule has 0 aliphatic carbocycles. The Hall–Kier alpha value is -1.26. The molecule has 2 aromatic heterocycles. The topological polar surface area (TPSA) is 38.3 Å². The molecule has 1 fully saturated rings. The van der Waals surface area contributed by atoms with E-state index in [0.29, 0.717) is 5.92 Å². The van der Waals surface area contributed by atoms with Crippen LogP contribution in [0.25, 0.3) is 21.9 Å². The molecule has 3 nitrogen and oxygen atoms in total. The summed E-state index contributed by atoms with van der Waals surface area (Å²) in [4.78, 5) is 0. The Labute approximate surface area is 106 Å². The van der Waals surface area contributed by atoms with Gasteiger partial charge in [0.1, 0.15) is 11.2 Å². The van der Waals surface area contributed by atoms with Gasteiger partial charge in [-0.15, -0.1) is 0 Å². The Balaban J connectivity index is 2.20. The van der Waals surface area contributed by atoms with Gasteiger partial charge in [0.25, 0.3) is 0 Å². The van der Waals surface area contributed by atoms with E-state index >= 15 is 0 Å². The van der Waals surface area contributed by atoms with Crippen LogP contribution in [0.15, 0.2) is 38.0 Å². The Kier molecular flexibility index (Phi) is 1.93.